The zero-order chi connectivity index (χ0) is 23.6. The van der Waals surface area contributed by atoms with Gasteiger partial charge in [-0.3, -0.25) is 0 Å². The van der Waals surface area contributed by atoms with Gasteiger partial charge in [0, 0.05) is 18.2 Å². The molecule has 1 N–H and O–H groups in total. The number of pyridine rings is 1. The summed E-state index contributed by atoms with van der Waals surface area (Å²) in [6, 6.07) is 8.25. The van der Waals surface area contributed by atoms with Gasteiger partial charge < -0.3 is 14.6 Å². The Balaban J connectivity index is 0.00000324. The van der Waals surface area contributed by atoms with Gasteiger partial charge in [0.05, 0.1) is 13.7 Å². The summed E-state index contributed by atoms with van der Waals surface area (Å²) >= 11 is 0. The molecular weight excluding hydrogens is 460 g/mol. The predicted octanol–water partition coefficient (Wildman–Crippen LogP) is 6.00. The molecule has 4 rings (SSSR count). The Morgan fingerprint density at radius 2 is 1.88 bits per heavy atom. The zero-order valence-corrected chi connectivity index (χ0v) is 20.6. The summed E-state index contributed by atoms with van der Waals surface area (Å²) in [5.41, 5.74) is -1.01. The van der Waals surface area contributed by atoms with Crippen molar-refractivity contribution in [1.82, 2.24) is 4.98 Å². The predicted molar refractivity (Wildman–Crippen MR) is 130 cm³/mol. The molecule has 186 valence electrons. The Labute approximate surface area is 206 Å². The lowest BCUT2D eigenvalue weighted by molar-refractivity contribution is -0.151. The van der Waals surface area contributed by atoms with E-state index in [1.807, 2.05) is 0 Å². The number of carbonyl (C=O) groups is 1. The third kappa shape index (κ3) is 5.82. The lowest BCUT2D eigenvalue weighted by atomic mass is 9.79. The van der Waals surface area contributed by atoms with Crippen LogP contribution in [-0.2, 0) is 4.79 Å². The van der Waals surface area contributed by atoms with Crippen molar-refractivity contribution in [3.63, 3.8) is 0 Å². The largest absolute Gasteiger partial charge is 0.497 e. The monoisotopic (exact) mass is 493 g/mol. The summed E-state index contributed by atoms with van der Waals surface area (Å²) in [5, 5.41) is 9.39. The average molecular weight is 494 g/mol. The molecule has 0 amide bonds. The standard InChI is InChI=1S/C26H31F2NO4.H2S/c1-26(28,25(30)31)24(18-7-8-18)19-11-12-29-23(13-19)33-15-16-3-5-17(6-4-16)21-14-20(32-2)9-10-22(21)27;/h9-14,16-18,24H,3-8,15H2,1-2H3,(H,30,31);1H2/t16?,17?,24-,26?;/m0./s1. The average Bonchev–Trinajstić information content (AvgIpc) is 3.63. The van der Waals surface area contributed by atoms with Crippen molar-refractivity contribution in [2.75, 3.05) is 13.7 Å². The number of hydrogen-bond donors (Lipinski definition) is 1. The highest BCUT2D eigenvalue weighted by molar-refractivity contribution is 7.59. The number of aliphatic carboxylic acids is 1. The molecule has 2 atom stereocenters. The number of benzene rings is 1. The number of nitrogens with zero attached hydrogens (tertiary/aromatic N) is 1. The Morgan fingerprint density at radius 1 is 1.18 bits per heavy atom. The van der Waals surface area contributed by atoms with Crippen LogP contribution in [0.4, 0.5) is 8.78 Å². The van der Waals surface area contributed by atoms with E-state index < -0.39 is 17.6 Å². The molecule has 0 radical (unpaired) electrons. The van der Waals surface area contributed by atoms with Gasteiger partial charge in [0.1, 0.15) is 11.6 Å². The maximum Gasteiger partial charge on any atom is 0.341 e. The summed E-state index contributed by atoms with van der Waals surface area (Å²) in [7, 11) is 1.58. The van der Waals surface area contributed by atoms with Gasteiger partial charge in [-0.15, -0.1) is 0 Å². The minimum Gasteiger partial charge on any atom is -0.497 e. The number of rotatable bonds is 9. The topological polar surface area (TPSA) is 68.7 Å². The van der Waals surface area contributed by atoms with Crippen molar-refractivity contribution in [3.8, 4) is 11.6 Å². The summed E-state index contributed by atoms with van der Waals surface area (Å²) < 4.78 is 40.5. The number of aromatic nitrogens is 1. The van der Waals surface area contributed by atoms with Gasteiger partial charge in [-0.1, -0.05) is 0 Å². The second-order valence-corrected chi connectivity index (χ2v) is 9.54. The Bertz CT molecular complexity index is 991. The first-order chi connectivity index (χ1) is 15.8. The van der Waals surface area contributed by atoms with E-state index in [-0.39, 0.29) is 31.1 Å². The van der Waals surface area contributed by atoms with E-state index in [4.69, 9.17) is 9.47 Å². The van der Waals surface area contributed by atoms with Crippen LogP contribution in [-0.4, -0.2) is 35.4 Å². The van der Waals surface area contributed by atoms with E-state index >= 15 is 4.39 Å². The normalized spacial score (nSPS) is 22.7. The summed E-state index contributed by atoms with van der Waals surface area (Å²) in [6.45, 7) is 1.62. The smallest absolute Gasteiger partial charge is 0.341 e. The molecule has 0 aliphatic heterocycles. The van der Waals surface area contributed by atoms with Crippen molar-refractivity contribution < 1.29 is 28.2 Å². The third-order valence-corrected chi connectivity index (χ3v) is 7.17. The zero-order valence-electron chi connectivity index (χ0n) is 19.6. The van der Waals surface area contributed by atoms with Gasteiger partial charge in [0.25, 0.3) is 0 Å². The van der Waals surface area contributed by atoms with E-state index in [1.165, 1.54) is 6.07 Å². The Kier molecular flexibility index (Phi) is 8.44. The fourth-order valence-electron chi connectivity index (χ4n) is 5.09. The first kappa shape index (κ1) is 26.3. The number of methoxy groups -OCH3 is 1. The molecule has 2 aliphatic carbocycles. The lowest BCUT2D eigenvalue weighted by Gasteiger charge is -2.29. The van der Waals surface area contributed by atoms with Gasteiger partial charge in [0.2, 0.25) is 11.5 Å². The Morgan fingerprint density at radius 3 is 2.50 bits per heavy atom. The first-order valence-electron chi connectivity index (χ1n) is 11.6. The van der Waals surface area contributed by atoms with Gasteiger partial charge >= 0.3 is 5.97 Å². The van der Waals surface area contributed by atoms with E-state index in [9.17, 15) is 14.3 Å². The molecule has 2 aliphatic rings. The molecule has 8 heteroatoms. The SMILES string of the molecule is COc1ccc(F)c(C2CCC(COc3cc([C@H](C4CC4)C(C)(F)C(=O)O)ccn3)CC2)c1.S. The highest BCUT2D eigenvalue weighted by Crippen LogP contribution is 2.50. The van der Waals surface area contributed by atoms with Crippen molar-refractivity contribution in [2.24, 2.45) is 11.8 Å². The van der Waals surface area contributed by atoms with Crippen LogP contribution in [0.5, 0.6) is 11.6 Å². The fourth-order valence-corrected chi connectivity index (χ4v) is 5.09. The fraction of sp³-hybridized carbons (Fsp3) is 0.538. The maximum absolute atomic E-state index is 15.0. The van der Waals surface area contributed by atoms with Gasteiger partial charge in [-0.25, -0.2) is 18.6 Å². The summed E-state index contributed by atoms with van der Waals surface area (Å²) in [4.78, 5) is 15.8. The van der Waals surface area contributed by atoms with E-state index in [0.717, 1.165) is 45.4 Å². The molecule has 1 aromatic carbocycles. The van der Waals surface area contributed by atoms with Crippen LogP contribution in [0.1, 0.15) is 68.4 Å². The third-order valence-electron chi connectivity index (χ3n) is 7.17. The first-order valence-corrected chi connectivity index (χ1v) is 11.6. The van der Waals surface area contributed by atoms with Crippen LogP contribution in [0.25, 0.3) is 0 Å². The molecule has 34 heavy (non-hydrogen) atoms. The highest BCUT2D eigenvalue weighted by Gasteiger charge is 2.50. The van der Waals surface area contributed by atoms with Crippen molar-refractivity contribution >= 4 is 19.5 Å². The molecule has 1 heterocycles. The van der Waals surface area contributed by atoms with Crippen LogP contribution in [0, 0.1) is 17.7 Å². The van der Waals surface area contributed by atoms with Crippen LogP contribution in [0.3, 0.4) is 0 Å². The Hall–Kier alpha value is -2.35. The van der Waals surface area contributed by atoms with Crippen LogP contribution in [0.2, 0.25) is 0 Å². The molecule has 5 nitrogen and oxygen atoms in total. The van der Waals surface area contributed by atoms with Gasteiger partial charge in [0.15, 0.2) is 0 Å². The number of halogens is 2. The van der Waals surface area contributed by atoms with Crippen molar-refractivity contribution in [1.29, 1.82) is 0 Å². The van der Waals surface area contributed by atoms with Crippen LogP contribution in [0.15, 0.2) is 36.5 Å². The van der Waals surface area contributed by atoms with Crippen molar-refractivity contribution in [2.45, 2.75) is 63.0 Å². The quantitative estimate of drug-likeness (QED) is 0.464. The van der Waals surface area contributed by atoms with Crippen molar-refractivity contribution in [3.05, 3.63) is 53.5 Å². The second kappa shape index (κ2) is 10.9. The molecule has 2 fully saturated rings. The molecule has 2 saturated carbocycles. The maximum atomic E-state index is 15.0. The van der Waals surface area contributed by atoms with Crippen LogP contribution >= 0.6 is 13.5 Å². The molecule has 1 aromatic heterocycles. The molecule has 0 bridgehead atoms. The van der Waals surface area contributed by atoms with E-state index in [0.29, 0.717) is 35.3 Å². The summed E-state index contributed by atoms with van der Waals surface area (Å²) in [6.07, 6.45) is 6.77. The molecule has 1 unspecified atom stereocenters. The molecule has 2 aromatic rings. The minimum absolute atomic E-state index is 0. The number of hydrogen-bond acceptors (Lipinski definition) is 4. The highest BCUT2D eigenvalue weighted by atomic mass is 32.1. The molecule has 0 saturated heterocycles. The molecule has 0 spiro atoms. The van der Waals surface area contributed by atoms with E-state index in [2.05, 4.69) is 4.98 Å². The molecular formula is C26H33F2NO4S. The second-order valence-electron chi connectivity index (χ2n) is 9.54. The van der Waals surface area contributed by atoms with Crippen LogP contribution < -0.4 is 9.47 Å². The minimum atomic E-state index is -2.34. The lowest BCUT2D eigenvalue weighted by Crippen LogP contribution is -2.38. The number of ether oxygens (including phenoxy) is 2. The van der Waals surface area contributed by atoms with Gasteiger partial charge in [-0.2, -0.15) is 13.5 Å². The number of carboxylic acid groups (broad SMARTS) is 1. The summed E-state index contributed by atoms with van der Waals surface area (Å²) in [5.74, 6) is -0.779. The van der Waals surface area contributed by atoms with Gasteiger partial charge in [-0.05, 0) is 98.6 Å². The number of alkyl halides is 1. The number of carboxylic acids is 1. The van der Waals surface area contributed by atoms with E-state index in [1.54, 1.807) is 37.6 Å².